The fourth-order valence-corrected chi connectivity index (χ4v) is 2.07. The number of carboxylic acids is 1. The van der Waals surface area contributed by atoms with Crippen molar-refractivity contribution in [3.63, 3.8) is 0 Å². The van der Waals surface area contributed by atoms with Crippen LogP contribution in [0, 0.1) is 0 Å². The summed E-state index contributed by atoms with van der Waals surface area (Å²) < 4.78 is 26.7. The number of imidazole rings is 1. The van der Waals surface area contributed by atoms with Gasteiger partial charge in [0.2, 0.25) is 0 Å². The Balaban J connectivity index is 2.55. The van der Waals surface area contributed by atoms with E-state index in [0.29, 0.717) is 23.3 Å². The molecular formula is C13H14F2N2O2. The van der Waals surface area contributed by atoms with Crippen molar-refractivity contribution in [1.29, 1.82) is 0 Å². The number of rotatable bonds is 5. The average molecular weight is 268 g/mol. The van der Waals surface area contributed by atoms with Crippen LogP contribution in [0.1, 0.15) is 29.5 Å². The average Bonchev–Trinajstić information content (AvgIpc) is 2.66. The minimum absolute atomic E-state index is 0.109. The predicted molar refractivity (Wildman–Crippen MR) is 66.7 cm³/mol. The van der Waals surface area contributed by atoms with Crippen LogP contribution in [-0.2, 0) is 13.0 Å². The predicted octanol–water partition coefficient (Wildman–Crippen LogP) is 2.95. The van der Waals surface area contributed by atoms with Crippen LogP contribution in [0.4, 0.5) is 8.78 Å². The summed E-state index contributed by atoms with van der Waals surface area (Å²) in [4.78, 5) is 15.2. The van der Waals surface area contributed by atoms with E-state index in [9.17, 15) is 13.6 Å². The molecule has 1 N–H and O–H groups in total. The van der Waals surface area contributed by atoms with Gasteiger partial charge in [0.1, 0.15) is 5.82 Å². The SMILES string of the molecule is CCCc1nc2cc(C(=O)O)ccc2n1CC(F)F. The van der Waals surface area contributed by atoms with Gasteiger partial charge in [0, 0.05) is 6.42 Å². The molecule has 0 atom stereocenters. The first kappa shape index (κ1) is 13.5. The third-order valence-electron chi connectivity index (χ3n) is 2.87. The largest absolute Gasteiger partial charge is 0.478 e. The number of aromatic carboxylic acids is 1. The summed E-state index contributed by atoms with van der Waals surface area (Å²) in [6.45, 7) is 1.52. The summed E-state index contributed by atoms with van der Waals surface area (Å²) >= 11 is 0. The van der Waals surface area contributed by atoms with Crippen molar-refractivity contribution in [1.82, 2.24) is 9.55 Å². The van der Waals surface area contributed by atoms with E-state index in [2.05, 4.69) is 4.98 Å². The van der Waals surface area contributed by atoms with E-state index in [1.54, 1.807) is 0 Å². The summed E-state index contributed by atoms with van der Waals surface area (Å²) in [5.74, 6) is -0.484. The van der Waals surface area contributed by atoms with Crippen molar-refractivity contribution >= 4 is 17.0 Å². The third-order valence-corrected chi connectivity index (χ3v) is 2.87. The van der Waals surface area contributed by atoms with Crippen LogP contribution < -0.4 is 0 Å². The Labute approximate surface area is 108 Å². The highest BCUT2D eigenvalue weighted by atomic mass is 19.3. The van der Waals surface area contributed by atoms with Gasteiger partial charge in [-0.2, -0.15) is 0 Å². The minimum Gasteiger partial charge on any atom is -0.478 e. The zero-order chi connectivity index (χ0) is 14.0. The highest BCUT2D eigenvalue weighted by Gasteiger charge is 2.15. The van der Waals surface area contributed by atoms with Crippen LogP contribution in [0.2, 0.25) is 0 Å². The Morgan fingerprint density at radius 2 is 2.21 bits per heavy atom. The van der Waals surface area contributed by atoms with Crippen LogP contribution in [0.25, 0.3) is 11.0 Å². The van der Waals surface area contributed by atoms with Gasteiger partial charge in [-0.3, -0.25) is 0 Å². The lowest BCUT2D eigenvalue weighted by Gasteiger charge is -2.07. The second kappa shape index (κ2) is 5.34. The zero-order valence-electron chi connectivity index (χ0n) is 10.4. The Morgan fingerprint density at radius 3 is 2.79 bits per heavy atom. The molecule has 0 spiro atoms. The first-order valence-corrected chi connectivity index (χ1v) is 6.03. The summed E-state index contributed by atoms with van der Waals surface area (Å²) in [6.07, 6.45) is -1.09. The molecule has 6 heteroatoms. The number of nitrogens with zero attached hydrogens (tertiary/aromatic N) is 2. The van der Waals surface area contributed by atoms with Gasteiger partial charge in [0.05, 0.1) is 23.1 Å². The molecule has 2 aromatic rings. The maximum absolute atomic E-state index is 12.6. The van der Waals surface area contributed by atoms with Crippen molar-refractivity contribution in [2.45, 2.75) is 32.7 Å². The van der Waals surface area contributed by atoms with Gasteiger partial charge in [0.25, 0.3) is 6.43 Å². The van der Waals surface area contributed by atoms with Crippen molar-refractivity contribution in [2.24, 2.45) is 0 Å². The quantitative estimate of drug-likeness (QED) is 0.907. The molecule has 0 radical (unpaired) electrons. The van der Waals surface area contributed by atoms with Crippen LogP contribution in [-0.4, -0.2) is 27.1 Å². The first-order valence-electron chi connectivity index (χ1n) is 6.03. The molecule has 0 saturated heterocycles. The lowest BCUT2D eigenvalue weighted by Crippen LogP contribution is -2.10. The van der Waals surface area contributed by atoms with Crippen molar-refractivity contribution < 1.29 is 18.7 Å². The maximum atomic E-state index is 12.6. The van der Waals surface area contributed by atoms with Crippen LogP contribution in [0.5, 0.6) is 0 Å². The molecule has 102 valence electrons. The molecule has 0 saturated carbocycles. The normalized spacial score (nSPS) is 11.4. The molecular weight excluding hydrogens is 254 g/mol. The Kier molecular flexibility index (Phi) is 3.78. The Hall–Kier alpha value is -1.98. The molecule has 0 unspecified atom stereocenters. The van der Waals surface area contributed by atoms with Gasteiger partial charge in [-0.05, 0) is 24.6 Å². The fourth-order valence-electron chi connectivity index (χ4n) is 2.07. The summed E-state index contributed by atoms with van der Waals surface area (Å²) in [7, 11) is 0. The summed E-state index contributed by atoms with van der Waals surface area (Å²) in [5, 5.41) is 8.91. The maximum Gasteiger partial charge on any atom is 0.335 e. The minimum atomic E-state index is -2.47. The molecule has 1 aromatic carbocycles. The molecule has 0 bridgehead atoms. The number of aromatic nitrogens is 2. The van der Waals surface area contributed by atoms with E-state index < -0.39 is 18.9 Å². The molecule has 0 amide bonds. The van der Waals surface area contributed by atoms with E-state index in [1.165, 1.54) is 22.8 Å². The number of aryl methyl sites for hydroxylation is 1. The van der Waals surface area contributed by atoms with Gasteiger partial charge in [-0.1, -0.05) is 6.92 Å². The van der Waals surface area contributed by atoms with Crippen molar-refractivity contribution in [2.75, 3.05) is 0 Å². The van der Waals surface area contributed by atoms with Gasteiger partial charge in [-0.15, -0.1) is 0 Å². The highest BCUT2D eigenvalue weighted by Crippen LogP contribution is 2.20. The van der Waals surface area contributed by atoms with Crippen molar-refractivity contribution in [3.05, 3.63) is 29.6 Å². The first-order chi connectivity index (χ1) is 9.02. The standard InChI is InChI=1S/C13H14F2N2O2/c1-2-3-12-16-9-6-8(13(18)19)4-5-10(9)17(12)7-11(14)15/h4-6,11H,2-3,7H2,1H3,(H,18,19). The second-order valence-corrected chi connectivity index (χ2v) is 4.29. The van der Waals surface area contributed by atoms with Gasteiger partial charge in [0.15, 0.2) is 0 Å². The Morgan fingerprint density at radius 1 is 1.47 bits per heavy atom. The van der Waals surface area contributed by atoms with E-state index >= 15 is 0 Å². The number of halogens is 2. The van der Waals surface area contributed by atoms with Gasteiger partial charge >= 0.3 is 5.97 Å². The van der Waals surface area contributed by atoms with Crippen molar-refractivity contribution in [3.8, 4) is 0 Å². The molecule has 1 aromatic heterocycles. The lowest BCUT2D eigenvalue weighted by atomic mass is 10.2. The number of carbonyl (C=O) groups is 1. The number of hydrogen-bond donors (Lipinski definition) is 1. The van der Waals surface area contributed by atoms with E-state index in [4.69, 9.17) is 5.11 Å². The Bertz CT molecular complexity index is 608. The topological polar surface area (TPSA) is 55.1 Å². The number of alkyl halides is 2. The molecule has 0 fully saturated rings. The molecule has 0 aliphatic carbocycles. The monoisotopic (exact) mass is 268 g/mol. The smallest absolute Gasteiger partial charge is 0.335 e. The van der Waals surface area contributed by atoms with E-state index in [0.717, 1.165) is 6.42 Å². The zero-order valence-corrected chi connectivity index (χ0v) is 10.4. The van der Waals surface area contributed by atoms with E-state index in [1.807, 2.05) is 6.92 Å². The molecule has 19 heavy (non-hydrogen) atoms. The molecule has 0 aliphatic heterocycles. The lowest BCUT2D eigenvalue weighted by molar-refractivity contribution is 0.0697. The van der Waals surface area contributed by atoms with Gasteiger partial charge < -0.3 is 9.67 Å². The fraction of sp³-hybridized carbons (Fsp3) is 0.385. The molecule has 0 aliphatic rings. The number of benzene rings is 1. The van der Waals surface area contributed by atoms with Crippen LogP contribution in [0.15, 0.2) is 18.2 Å². The summed E-state index contributed by atoms with van der Waals surface area (Å²) in [5.41, 5.74) is 1.11. The number of carboxylic acid groups (broad SMARTS) is 1. The molecule has 4 nitrogen and oxygen atoms in total. The highest BCUT2D eigenvalue weighted by molar-refractivity contribution is 5.92. The summed E-state index contributed by atoms with van der Waals surface area (Å²) in [6, 6.07) is 4.36. The molecule has 1 heterocycles. The third kappa shape index (κ3) is 2.72. The second-order valence-electron chi connectivity index (χ2n) is 4.29. The number of hydrogen-bond acceptors (Lipinski definition) is 2. The van der Waals surface area contributed by atoms with Crippen LogP contribution in [0.3, 0.4) is 0 Å². The van der Waals surface area contributed by atoms with Crippen LogP contribution >= 0.6 is 0 Å². The molecule has 2 rings (SSSR count). The van der Waals surface area contributed by atoms with E-state index in [-0.39, 0.29) is 5.56 Å². The number of fused-ring (bicyclic) bond motifs is 1. The van der Waals surface area contributed by atoms with Gasteiger partial charge in [-0.25, -0.2) is 18.6 Å².